The Labute approximate surface area is 176 Å². The largest absolute Gasteiger partial charge is 0.478 e. The summed E-state index contributed by atoms with van der Waals surface area (Å²) in [5.41, 5.74) is 5.66. The summed E-state index contributed by atoms with van der Waals surface area (Å²) in [6.45, 7) is 0. The number of hydrogen-bond acceptors (Lipinski definition) is 9. The molecule has 3 N–H and O–H groups in total. The van der Waals surface area contributed by atoms with Crippen molar-refractivity contribution in [3.05, 3.63) is 34.4 Å². The number of halogens is 2. The third-order valence-electron chi connectivity index (χ3n) is 3.26. The minimum absolute atomic E-state index is 0.0710. The molecule has 1 atom stereocenters. The molecule has 0 spiro atoms. The summed E-state index contributed by atoms with van der Waals surface area (Å²) in [6.07, 6.45) is 1.31. The smallest absolute Gasteiger partial charge is 0.323 e. The van der Waals surface area contributed by atoms with Crippen molar-refractivity contribution in [3.63, 3.8) is 0 Å². The minimum atomic E-state index is -4.09. The van der Waals surface area contributed by atoms with E-state index in [0.717, 1.165) is 11.8 Å². The molecule has 0 fully saturated rings. The number of carbonyl (C=O) groups excluding carboxylic acids is 1. The summed E-state index contributed by atoms with van der Waals surface area (Å²) in [7, 11) is -1.54. The Hall–Kier alpha value is -1.79. The maximum atomic E-state index is 12.6. The van der Waals surface area contributed by atoms with Gasteiger partial charge in [0.1, 0.15) is 16.0 Å². The van der Waals surface area contributed by atoms with Crippen molar-refractivity contribution in [2.45, 2.75) is 16.0 Å². The number of nitrogens with zero attached hydrogens (tertiary/aromatic N) is 2. The number of carbonyl (C=O) groups is 1. The second-order valence-corrected chi connectivity index (χ2v) is 8.64. The number of thioether (sulfide) groups is 1. The highest BCUT2D eigenvalue weighted by Crippen LogP contribution is 2.31. The molecule has 2 rings (SSSR count). The highest BCUT2D eigenvalue weighted by molar-refractivity contribution is 7.99. The first-order valence-electron chi connectivity index (χ1n) is 7.53. The van der Waals surface area contributed by atoms with E-state index in [0.29, 0.717) is 5.03 Å². The van der Waals surface area contributed by atoms with E-state index in [1.165, 1.54) is 38.6 Å². The molecule has 13 heteroatoms. The zero-order chi connectivity index (χ0) is 20.9. The standard InChI is InChI=1S/C15H16Cl2N4O5S2/c1-25-14-13(19-6-11(20-14)27-7-9(18)15(22)26-2)21-28(23,24)10-5-3-4-8(16)12(10)17/h3-6,9H,7,18H2,1-2H3,(H,19,21)/t9-/m1/s1. The summed E-state index contributed by atoms with van der Waals surface area (Å²) in [6, 6.07) is 3.38. The van der Waals surface area contributed by atoms with Crippen molar-refractivity contribution in [2.24, 2.45) is 5.73 Å². The van der Waals surface area contributed by atoms with Crippen molar-refractivity contribution in [2.75, 3.05) is 24.7 Å². The number of aromatic nitrogens is 2. The predicted octanol–water partition coefficient (Wildman–Crippen LogP) is 2.19. The molecule has 0 aliphatic carbocycles. The first-order valence-corrected chi connectivity index (χ1v) is 10.8. The van der Waals surface area contributed by atoms with Crippen LogP contribution in [0.15, 0.2) is 34.3 Å². The van der Waals surface area contributed by atoms with Gasteiger partial charge in [0, 0.05) is 5.75 Å². The van der Waals surface area contributed by atoms with Gasteiger partial charge in [-0.2, -0.15) is 0 Å². The van der Waals surface area contributed by atoms with Crippen LogP contribution < -0.4 is 15.2 Å². The molecule has 2 aromatic rings. The van der Waals surface area contributed by atoms with Crippen molar-refractivity contribution in [1.29, 1.82) is 0 Å². The lowest BCUT2D eigenvalue weighted by Gasteiger charge is -2.13. The van der Waals surface area contributed by atoms with E-state index < -0.39 is 22.0 Å². The molecule has 152 valence electrons. The number of rotatable bonds is 8. The number of esters is 1. The van der Waals surface area contributed by atoms with Crippen molar-refractivity contribution >= 4 is 56.8 Å². The van der Waals surface area contributed by atoms with Crippen LogP contribution in [0.3, 0.4) is 0 Å². The lowest BCUT2D eigenvalue weighted by atomic mass is 10.4. The molecule has 0 radical (unpaired) electrons. The van der Waals surface area contributed by atoms with Gasteiger partial charge in [0.25, 0.3) is 15.9 Å². The zero-order valence-corrected chi connectivity index (χ0v) is 17.8. The lowest BCUT2D eigenvalue weighted by Crippen LogP contribution is -2.33. The highest BCUT2D eigenvalue weighted by Gasteiger charge is 2.23. The number of anilines is 1. The van der Waals surface area contributed by atoms with Crippen LogP contribution in [0.5, 0.6) is 5.88 Å². The third kappa shape index (κ3) is 5.39. The summed E-state index contributed by atoms with van der Waals surface area (Å²) < 4.78 is 37.1. The molecule has 0 saturated heterocycles. The van der Waals surface area contributed by atoms with E-state index in [1.54, 1.807) is 0 Å². The van der Waals surface area contributed by atoms with Gasteiger partial charge in [0.15, 0.2) is 0 Å². The average molecular weight is 467 g/mol. The molecule has 0 amide bonds. The molecule has 9 nitrogen and oxygen atoms in total. The van der Waals surface area contributed by atoms with Crippen LogP contribution in [0, 0.1) is 0 Å². The van der Waals surface area contributed by atoms with Crippen LogP contribution in [0.4, 0.5) is 5.82 Å². The van der Waals surface area contributed by atoms with Crippen molar-refractivity contribution in [3.8, 4) is 5.88 Å². The number of ether oxygens (including phenoxy) is 2. The Bertz CT molecular complexity index is 975. The lowest BCUT2D eigenvalue weighted by molar-refractivity contribution is -0.141. The summed E-state index contributed by atoms with van der Waals surface area (Å²) in [5.74, 6) is -0.581. The normalized spacial score (nSPS) is 12.3. The minimum Gasteiger partial charge on any atom is -0.478 e. The van der Waals surface area contributed by atoms with Gasteiger partial charge in [0.2, 0.25) is 5.82 Å². The molecule has 0 unspecified atom stereocenters. The monoisotopic (exact) mass is 466 g/mol. The Morgan fingerprint density at radius 1 is 1.36 bits per heavy atom. The fraction of sp³-hybridized carbons (Fsp3) is 0.267. The van der Waals surface area contributed by atoms with Crippen LogP contribution in [0.1, 0.15) is 0 Å². The number of hydrogen-bond donors (Lipinski definition) is 2. The second kappa shape index (κ2) is 9.61. The number of benzene rings is 1. The molecule has 0 aliphatic rings. The third-order valence-corrected chi connectivity index (χ3v) is 6.59. The first-order chi connectivity index (χ1) is 13.2. The van der Waals surface area contributed by atoms with E-state index >= 15 is 0 Å². The van der Waals surface area contributed by atoms with Crippen LogP contribution in [0.2, 0.25) is 10.0 Å². The van der Waals surface area contributed by atoms with Gasteiger partial charge < -0.3 is 15.2 Å². The highest BCUT2D eigenvalue weighted by atomic mass is 35.5. The van der Waals surface area contributed by atoms with E-state index in [-0.39, 0.29) is 32.4 Å². The van der Waals surface area contributed by atoms with Gasteiger partial charge in [-0.05, 0) is 12.1 Å². The van der Waals surface area contributed by atoms with E-state index in [2.05, 4.69) is 19.4 Å². The van der Waals surface area contributed by atoms with Gasteiger partial charge in [-0.25, -0.2) is 18.4 Å². The number of nitrogens with two attached hydrogens (primary N) is 1. The summed E-state index contributed by atoms with van der Waals surface area (Å²) in [4.78, 5) is 19.3. The predicted molar refractivity (Wildman–Crippen MR) is 107 cm³/mol. The Kier molecular flexibility index (Phi) is 7.72. The molecule has 1 heterocycles. The summed E-state index contributed by atoms with van der Waals surface area (Å²) >= 11 is 13.0. The number of methoxy groups -OCH3 is 2. The average Bonchev–Trinajstić information content (AvgIpc) is 2.67. The molecular formula is C15H16Cl2N4O5S2. The second-order valence-electron chi connectivity index (χ2n) is 5.16. The van der Waals surface area contributed by atoms with Crippen molar-refractivity contribution in [1.82, 2.24) is 9.97 Å². The molecule has 1 aromatic carbocycles. The van der Waals surface area contributed by atoms with Gasteiger partial charge >= 0.3 is 5.97 Å². The SMILES string of the molecule is COC(=O)[C@H](N)CSc1cnc(NS(=O)(=O)c2cccc(Cl)c2Cl)c(OC)n1. The van der Waals surface area contributed by atoms with E-state index in [9.17, 15) is 13.2 Å². The first kappa shape index (κ1) is 22.5. The van der Waals surface area contributed by atoms with Gasteiger partial charge in [-0.15, -0.1) is 11.8 Å². The maximum Gasteiger partial charge on any atom is 0.323 e. The van der Waals surface area contributed by atoms with Gasteiger partial charge in [-0.3, -0.25) is 9.52 Å². The van der Waals surface area contributed by atoms with E-state index in [1.807, 2.05) is 0 Å². The molecular weight excluding hydrogens is 451 g/mol. The quantitative estimate of drug-likeness (QED) is 0.443. The van der Waals surface area contributed by atoms with Gasteiger partial charge in [0.05, 0.1) is 30.5 Å². The Morgan fingerprint density at radius 3 is 2.71 bits per heavy atom. The molecule has 0 bridgehead atoms. The number of sulfonamides is 1. The molecule has 0 aliphatic heterocycles. The Balaban J connectivity index is 2.22. The van der Waals surface area contributed by atoms with Crippen LogP contribution >= 0.6 is 35.0 Å². The molecule has 0 saturated carbocycles. The van der Waals surface area contributed by atoms with Crippen LogP contribution in [0.25, 0.3) is 0 Å². The van der Waals surface area contributed by atoms with Gasteiger partial charge in [-0.1, -0.05) is 29.3 Å². The fourth-order valence-electron chi connectivity index (χ4n) is 1.91. The number of nitrogens with one attached hydrogen (secondary N) is 1. The topological polar surface area (TPSA) is 134 Å². The van der Waals surface area contributed by atoms with Crippen LogP contribution in [-0.4, -0.2) is 50.4 Å². The fourth-order valence-corrected chi connectivity index (χ4v) is 4.44. The van der Waals surface area contributed by atoms with E-state index in [4.69, 9.17) is 33.7 Å². The molecule has 28 heavy (non-hydrogen) atoms. The van der Waals surface area contributed by atoms with Crippen molar-refractivity contribution < 1.29 is 22.7 Å². The molecule has 1 aromatic heterocycles. The summed E-state index contributed by atoms with van der Waals surface area (Å²) in [5, 5.41) is 0.351. The van der Waals surface area contributed by atoms with Crippen LogP contribution in [-0.2, 0) is 19.6 Å². The zero-order valence-electron chi connectivity index (χ0n) is 14.7. The maximum absolute atomic E-state index is 12.6. The Morgan fingerprint density at radius 2 is 2.07 bits per heavy atom.